The van der Waals surface area contributed by atoms with E-state index in [0.29, 0.717) is 18.6 Å². The fourth-order valence-corrected chi connectivity index (χ4v) is 3.68. The van der Waals surface area contributed by atoms with Gasteiger partial charge in [0.15, 0.2) is 0 Å². The molecule has 2 N–H and O–H groups in total. The van der Waals surface area contributed by atoms with Crippen molar-refractivity contribution in [2.24, 2.45) is 5.73 Å². The summed E-state index contributed by atoms with van der Waals surface area (Å²) in [7, 11) is 4.38. The Morgan fingerprint density at radius 3 is 2.86 bits per heavy atom. The Morgan fingerprint density at radius 2 is 2.14 bits per heavy atom. The first-order valence-electron chi connectivity index (χ1n) is 8.04. The number of nitrogens with two attached hydrogens (primary N) is 1. The number of anilines is 1. The Hall–Kier alpha value is -1.10. The summed E-state index contributed by atoms with van der Waals surface area (Å²) in [5.74, 6) is 0. The second kappa shape index (κ2) is 6.34. The van der Waals surface area contributed by atoms with Crippen molar-refractivity contribution in [1.29, 1.82) is 0 Å². The summed E-state index contributed by atoms with van der Waals surface area (Å²) in [4.78, 5) is 4.79. The lowest BCUT2D eigenvalue weighted by Gasteiger charge is -2.37. The van der Waals surface area contributed by atoms with Crippen LogP contribution in [0.1, 0.15) is 30.0 Å². The third-order valence-corrected chi connectivity index (χ3v) is 5.10. The van der Waals surface area contributed by atoms with E-state index in [4.69, 9.17) is 10.5 Å². The maximum Gasteiger partial charge on any atom is 0.0480 e. The smallest absolute Gasteiger partial charge is 0.0480 e. The Kier molecular flexibility index (Phi) is 4.48. The average Bonchev–Trinajstić information content (AvgIpc) is 2.90. The van der Waals surface area contributed by atoms with Crippen LogP contribution in [0.3, 0.4) is 0 Å². The number of nitrogens with zero attached hydrogens (tertiary/aromatic N) is 2. The molecule has 2 aliphatic heterocycles. The third-order valence-electron chi connectivity index (χ3n) is 5.10. The van der Waals surface area contributed by atoms with E-state index < -0.39 is 0 Å². The van der Waals surface area contributed by atoms with E-state index in [9.17, 15) is 0 Å². The molecule has 3 rings (SSSR count). The van der Waals surface area contributed by atoms with Gasteiger partial charge in [0.2, 0.25) is 0 Å². The molecule has 0 aromatic heterocycles. The van der Waals surface area contributed by atoms with Gasteiger partial charge in [0.05, 0.1) is 0 Å². The van der Waals surface area contributed by atoms with Crippen molar-refractivity contribution in [3.05, 3.63) is 29.3 Å². The number of ether oxygens (including phenoxy) is 1. The Labute approximate surface area is 127 Å². The highest BCUT2D eigenvalue weighted by molar-refractivity contribution is 5.58. The van der Waals surface area contributed by atoms with Crippen molar-refractivity contribution in [3.8, 4) is 0 Å². The van der Waals surface area contributed by atoms with Crippen molar-refractivity contribution in [2.75, 3.05) is 45.3 Å². The monoisotopic (exact) mass is 289 g/mol. The molecule has 2 aliphatic rings. The number of rotatable bonds is 4. The molecule has 4 nitrogen and oxygen atoms in total. The zero-order valence-corrected chi connectivity index (χ0v) is 13.2. The number of likely N-dealkylation sites (N-methyl/N-ethyl adjacent to an activating group) is 2. The van der Waals surface area contributed by atoms with E-state index >= 15 is 0 Å². The summed E-state index contributed by atoms with van der Waals surface area (Å²) in [5, 5.41) is 0. The summed E-state index contributed by atoms with van der Waals surface area (Å²) in [6.07, 6.45) is 3.37. The van der Waals surface area contributed by atoms with Gasteiger partial charge in [-0.15, -0.1) is 0 Å². The fourth-order valence-electron chi connectivity index (χ4n) is 3.68. The van der Waals surface area contributed by atoms with Crippen LogP contribution in [-0.2, 0) is 11.2 Å². The second-order valence-corrected chi connectivity index (χ2v) is 6.32. The molecule has 1 fully saturated rings. The van der Waals surface area contributed by atoms with Gasteiger partial charge in [-0.1, -0.05) is 12.1 Å². The SMILES string of the molecule is CN1CCc2cc(C(CN)N(C)C3CCOCC3)ccc21. The molecule has 1 unspecified atom stereocenters. The van der Waals surface area contributed by atoms with E-state index in [2.05, 4.69) is 42.1 Å². The van der Waals surface area contributed by atoms with Crippen molar-refractivity contribution in [3.63, 3.8) is 0 Å². The molecule has 1 saturated heterocycles. The van der Waals surface area contributed by atoms with Gasteiger partial charge in [-0.3, -0.25) is 4.90 Å². The minimum atomic E-state index is 0.310. The maximum absolute atomic E-state index is 6.10. The normalized spacial score (nSPS) is 20.9. The molecule has 1 atom stereocenters. The minimum absolute atomic E-state index is 0.310. The molecule has 0 bridgehead atoms. The number of benzene rings is 1. The molecular formula is C17H27N3O. The lowest BCUT2D eigenvalue weighted by molar-refractivity contribution is 0.0294. The van der Waals surface area contributed by atoms with Gasteiger partial charge in [-0.05, 0) is 43.5 Å². The van der Waals surface area contributed by atoms with Crippen LogP contribution in [0.25, 0.3) is 0 Å². The fraction of sp³-hybridized carbons (Fsp3) is 0.647. The zero-order chi connectivity index (χ0) is 14.8. The Morgan fingerprint density at radius 1 is 1.38 bits per heavy atom. The predicted octanol–water partition coefficient (Wildman–Crippen LogP) is 1.79. The van der Waals surface area contributed by atoms with E-state index in [0.717, 1.165) is 39.0 Å². The summed E-state index contributed by atoms with van der Waals surface area (Å²) in [5.41, 5.74) is 10.3. The van der Waals surface area contributed by atoms with Crippen molar-refractivity contribution in [1.82, 2.24) is 4.90 Å². The van der Waals surface area contributed by atoms with Gasteiger partial charge in [0, 0.05) is 51.1 Å². The van der Waals surface area contributed by atoms with Gasteiger partial charge >= 0.3 is 0 Å². The molecule has 116 valence electrons. The topological polar surface area (TPSA) is 41.7 Å². The molecule has 0 spiro atoms. The van der Waals surface area contributed by atoms with Crippen molar-refractivity contribution in [2.45, 2.75) is 31.3 Å². The van der Waals surface area contributed by atoms with Crippen LogP contribution in [0.5, 0.6) is 0 Å². The maximum atomic E-state index is 6.10. The summed E-state index contributed by atoms with van der Waals surface area (Å²) in [6.45, 7) is 3.55. The largest absolute Gasteiger partial charge is 0.381 e. The van der Waals surface area contributed by atoms with Crippen LogP contribution in [0, 0.1) is 0 Å². The predicted molar refractivity (Wildman–Crippen MR) is 86.8 cm³/mol. The quantitative estimate of drug-likeness (QED) is 0.917. The van der Waals surface area contributed by atoms with Gasteiger partial charge in [0.1, 0.15) is 0 Å². The lowest BCUT2D eigenvalue weighted by atomic mass is 9.98. The molecule has 0 radical (unpaired) electrons. The number of hydrogen-bond acceptors (Lipinski definition) is 4. The lowest BCUT2D eigenvalue weighted by Crippen LogP contribution is -2.41. The summed E-state index contributed by atoms with van der Waals surface area (Å²) >= 11 is 0. The number of hydrogen-bond donors (Lipinski definition) is 1. The molecule has 2 heterocycles. The molecule has 21 heavy (non-hydrogen) atoms. The molecule has 0 amide bonds. The van der Waals surface area contributed by atoms with Crippen LogP contribution in [0.4, 0.5) is 5.69 Å². The van der Waals surface area contributed by atoms with Crippen LogP contribution in [0.15, 0.2) is 18.2 Å². The van der Waals surface area contributed by atoms with E-state index in [1.807, 2.05) is 0 Å². The van der Waals surface area contributed by atoms with Gasteiger partial charge in [-0.25, -0.2) is 0 Å². The van der Waals surface area contributed by atoms with Crippen LogP contribution in [0.2, 0.25) is 0 Å². The Balaban J connectivity index is 1.79. The molecule has 1 aromatic carbocycles. The van der Waals surface area contributed by atoms with E-state index in [-0.39, 0.29) is 0 Å². The zero-order valence-electron chi connectivity index (χ0n) is 13.2. The number of fused-ring (bicyclic) bond motifs is 1. The summed E-state index contributed by atoms with van der Waals surface area (Å²) < 4.78 is 5.48. The highest BCUT2D eigenvalue weighted by atomic mass is 16.5. The van der Waals surface area contributed by atoms with Gasteiger partial charge in [0.25, 0.3) is 0 Å². The van der Waals surface area contributed by atoms with Crippen LogP contribution in [-0.4, -0.2) is 51.3 Å². The van der Waals surface area contributed by atoms with E-state index in [1.165, 1.54) is 16.8 Å². The van der Waals surface area contributed by atoms with Gasteiger partial charge < -0.3 is 15.4 Å². The van der Waals surface area contributed by atoms with Gasteiger partial charge in [-0.2, -0.15) is 0 Å². The van der Waals surface area contributed by atoms with Crippen LogP contribution >= 0.6 is 0 Å². The second-order valence-electron chi connectivity index (χ2n) is 6.32. The van der Waals surface area contributed by atoms with E-state index in [1.54, 1.807) is 0 Å². The first-order chi connectivity index (χ1) is 10.2. The standard InChI is InChI=1S/C17H27N3O/c1-19-8-5-14-11-13(3-4-16(14)19)17(12-18)20(2)15-6-9-21-10-7-15/h3-4,11,15,17H,5-10,12,18H2,1-2H3. The molecule has 4 heteroatoms. The highest BCUT2D eigenvalue weighted by Crippen LogP contribution is 2.32. The molecular weight excluding hydrogens is 262 g/mol. The minimum Gasteiger partial charge on any atom is -0.381 e. The average molecular weight is 289 g/mol. The molecule has 0 aliphatic carbocycles. The molecule has 0 saturated carbocycles. The van der Waals surface area contributed by atoms with Crippen molar-refractivity contribution >= 4 is 5.69 Å². The third kappa shape index (κ3) is 2.93. The first kappa shape index (κ1) is 14.8. The molecule has 1 aromatic rings. The highest BCUT2D eigenvalue weighted by Gasteiger charge is 2.26. The van der Waals surface area contributed by atoms with Crippen molar-refractivity contribution < 1.29 is 4.74 Å². The first-order valence-corrected chi connectivity index (χ1v) is 8.04. The van der Waals surface area contributed by atoms with Crippen LogP contribution < -0.4 is 10.6 Å². The Bertz CT molecular complexity index is 485. The summed E-state index contributed by atoms with van der Waals surface area (Å²) in [6, 6.07) is 7.78.